The third kappa shape index (κ3) is 4.00. The van der Waals surface area contributed by atoms with Gasteiger partial charge in [-0.15, -0.1) is 11.3 Å². The van der Waals surface area contributed by atoms with Gasteiger partial charge in [0.15, 0.2) is 0 Å². The van der Waals surface area contributed by atoms with Gasteiger partial charge in [-0.1, -0.05) is 42.5 Å². The first-order valence-electron chi connectivity index (χ1n) is 10.8. The van der Waals surface area contributed by atoms with Crippen LogP contribution >= 0.6 is 11.3 Å². The zero-order valence-electron chi connectivity index (χ0n) is 17.7. The molecule has 5 rings (SSSR count). The molecule has 1 atom stereocenters. The number of imidazole rings is 1. The summed E-state index contributed by atoms with van der Waals surface area (Å²) in [6.45, 7) is 3.48. The average molecular weight is 431 g/mol. The number of fused-ring (bicyclic) bond motifs is 2. The number of aryl methyl sites for hydroxylation is 2. The summed E-state index contributed by atoms with van der Waals surface area (Å²) in [5.41, 5.74) is 2.20. The fraction of sp³-hybridized carbons (Fsp3) is 0.320. The van der Waals surface area contributed by atoms with Crippen LogP contribution in [0.4, 0.5) is 0 Å². The van der Waals surface area contributed by atoms with Crippen molar-refractivity contribution >= 4 is 27.5 Å². The molecule has 158 valence electrons. The van der Waals surface area contributed by atoms with Gasteiger partial charge in [0.2, 0.25) is 5.91 Å². The highest BCUT2D eigenvalue weighted by Gasteiger charge is 2.36. The van der Waals surface area contributed by atoms with Crippen LogP contribution in [0, 0.1) is 0 Å². The molecule has 1 aliphatic rings. The first-order chi connectivity index (χ1) is 15.1. The number of nitrogens with one attached hydrogen (secondary N) is 1. The molecule has 0 saturated heterocycles. The number of carbonyl (C=O) groups excluding carboxylic acids is 1. The lowest BCUT2D eigenvalue weighted by atomic mass is 9.78. The Labute approximate surface area is 186 Å². The van der Waals surface area contributed by atoms with Crippen molar-refractivity contribution in [2.45, 2.75) is 51.1 Å². The Bertz CT molecular complexity index is 1160. The smallest absolute Gasteiger partial charge is 0.231 e. The summed E-state index contributed by atoms with van der Waals surface area (Å²) in [5, 5.41) is 4.14. The van der Waals surface area contributed by atoms with Crippen LogP contribution in [0.15, 0.2) is 60.8 Å². The summed E-state index contributed by atoms with van der Waals surface area (Å²) in [5.74, 6) is 1.14. The van der Waals surface area contributed by atoms with Crippen LogP contribution < -0.4 is 5.32 Å². The summed E-state index contributed by atoms with van der Waals surface area (Å²) >= 11 is 1.66. The molecule has 0 spiro atoms. The van der Waals surface area contributed by atoms with Gasteiger partial charge in [-0.2, -0.15) is 0 Å². The monoisotopic (exact) mass is 430 g/mol. The van der Waals surface area contributed by atoms with E-state index in [0.717, 1.165) is 45.3 Å². The van der Waals surface area contributed by atoms with Crippen LogP contribution in [0.1, 0.15) is 41.9 Å². The van der Waals surface area contributed by atoms with E-state index in [1.807, 2.05) is 55.5 Å². The van der Waals surface area contributed by atoms with Crippen LogP contribution in [-0.2, 0) is 36.1 Å². The van der Waals surface area contributed by atoms with E-state index >= 15 is 0 Å². The van der Waals surface area contributed by atoms with E-state index in [1.54, 1.807) is 11.3 Å². The second-order valence-electron chi connectivity index (χ2n) is 8.43. The minimum absolute atomic E-state index is 0.00364. The maximum absolute atomic E-state index is 13.5. The lowest BCUT2D eigenvalue weighted by Crippen LogP contribution is -2.43. The Morgan fingerprint density at radius 1 is 1.10 bits per heavy atom. The van der Waals surface area contributed by atoms with Crippen molar-refractivity contribution in [1.29, 1.82) is 0 Å². The number of benzene rings is 2. The van der Waals surface area contributed by atoms with Crippen molar-refractivity contribution in [2.75, 3.05) is 0 Å². The molecule has 6 heteroatoms. The van der Waals surface area contributed by atoms with Crippen LogP contribution in [0.2, 0.25) is 0 Å². The molecular formula is C25H26N4OS. The molecule has 0 saturated carbocycles. The highest BCUT2D eigenvalue weighted by molar-refractivity contribution is 7.18. The Hall–Kier alpha value is -2.99. The van der Waals surface area contributed by atoms with Crippen molar-refractivity contribution in [3.63, 3.8) is 0 Å². The molecule has 1 unspecified atom stereocenters. The normalized spacial score (nSPS) is 15.4. The second-order valence-corrected chi connectivity index (χ2v) is 9.55. The van der Waals surface area contributed by atoms with Gasteiger partial charge in [0.1, 0.15) is 5.82 Å². The van der Waals surface area contributed by atoms with Crippen molar-refractivity contribution in [2.24, 2.45) is 0 Å². The van der Waals surface area contributed by atoms with Crippen LogP contribution in [0.5, 0.6) is 0 Å². The molecule has 4 aromatic rings. The Kier molecular flexibility index (Phi) is 5.32. The molecule has 5 nitrogen and oxygen atoms in total. The van der Waals surface area contributed by atoms with Gasteiger partial charge in [0.05, 0.1) is 32.9 Å². The van der Waals surface area contributed by atoms with Crippen molar-refractivity contribution in [1.82, 2.24) is 19.9 Å². The predicted molar refractivity (Wildman–Crippen MR) is 124 cm³/mol. The molecule has 1 aliphatic heterocycles. The number of para-hydroxylation sites is 1. The van der Waals surface area contributed by atoms with Crippen LogP contribution in [0.3, 0.4) is 0 Å². The topological polar surface area (TPSA) is 59.8 Å². The van der Waals surface area contributed by atoms with E-state index in [1.165, 1.54) is 12.8 Å². The molecule has 0 fully saturated rings. The van der Waals surface area contributed by atoms with E-state index < -0.39 is 5.41 Å². The third-order valence-corrected chi connectivity index (χ3v) is 7.18. The first-order valence-corrected chi connectivity index (χ1v) is 11.7. The fourth-order valence-electron chi connectivity index (χ4n) is 4.34. The molecule has 3 heterocycles. The molecule has 2 aromatic carbocycles. The number of carbonyl (C=O) groups is 1. The van der Waals surface area contributed by atoms with Crippen LogP contribution in [0.25, 0.3) is 10.2 Å². The highest BCUT2D eigenvalue weighted by Crippen LogP contribution is 2.32. The Balaban J connectivity index is 1.39. The summed E-state index contributed by atoms with van der Waals surface area (Å²) in [6, 6.07) is 18.1. The molecule has 1 N–H and O–H groups in total. The highest BCUT2D eigenvalue weighted by atomic mass is 32.1. The molecule has 31 heavy (non-hydrogen) atoms. The maximum Gasteiger partial charge on any atom is 0.231 e. The summed E-state index contributed by atoms with van der Waals surface area (Å²) < 4.78 is 3.37. The Morgan fingerprint density at radius 2 is 1.90 bits per heavy atom. The van der Waals surface area contributed by atoms with Gasteiger partial charge < -0.3 is 9.88 Å². The summed E-state index contributed by atoms with van der Waals surface area (Å²) in [7, 11) is 0. The lowest BCUT2D eigenvalue weighted by Gasteiger charge is -2.28. The lowest BCUT2D eigenvalue weighted by molar-refractivity contribution is -0.126. The van der Waals surface area contributed by atoms with E-state index in [9.17, 15) is 4.79 Å². The number of nitrogens with zero attached hydrogens (tertiary/aromatic N) is 3. The van der Waals surface area contributed by atoms with Gasteiger partial charge in [-0.25, -0.2) is 9.97 Å². The van der Waals surface area contributed by atoms with E-state index in [0.29, 0.717) is 13.0 Å². The van der Waals surface area contributed by atoms with E-state index in [2.05, 4.69) is 22.1 Å². The van der Waals surface area contributed by atoms with Crippen molar-refractivity contribution < 1.29 is 4.79 Å². The number of rotatable bonds is 6. The molecule has 0 radical (unpaired) electrons. The molecule has 0 aliphatic carbocycles. The number of hydrogen-bond acceptors (Lipinski definition) is 4. The Morgan fingerprint density at radius 3 is 2.71 bits per heavy atom. The maximum atomic E-state index is 13.5. The van der Waals surface area contributed by atoms with Crippen LogP contribution in [-0.4, -0.2) is 20.4 Å². The molecule has 0 bridgehead atoms. The quantitative estimate of drug-likeness (QED) is 0.485. The summed E-state index contributed by atoms with van der Waals surface area (Å²) in [4.78, 5) is 23.1. The second kappa shape index (κ2) is 8.27. The predicted octanol–water partition coefficient (Wildman–Crippen LogP) is 4.65. The number of aromatic nitrogens is 3. The fourth-order valence-corrected chi connectivity index (χ4v) is 5.46. The largest absolute Gasteiger partial charge is 0.350 e. The zero-order chi connectivity index (χ0) is 21.3. The van der Waals surface area contributed by atoms with Gasteiger partial charge in [-0.3, -0.25) is 4.79 Å². The third-order valence-electron chi connectivity index (χ3n) is 6.14. The van der Waals surface area contributed by atoms with Gasteiger partial charge in [0.25, 0.3) is 0 Å². The van der Waals surface area contributed by atoms with Gasteiger partial charge in [-0.05, 0) is 37.5 Å². The number of hydrogen-bond donors (Lipinski definition) is 1. The first kappa shape index (κ1) is 19.9. The number of thiazole rings is 1. The van der Waals surface area contributed by atoms with Gasteiger partial charge in [0, 0.05) is 25.6 Å². The van der Waals surface area contributed by atoms with Crippen molar-refractivity contribution in [3.8, 4) is 0 Å². The van der Waals surface area contributed by atoms with E-state index in [4.69, 9.17) is 9.97 Å². The summed E-state index contributed by atoms with van der Waals surface area (Å²) in [6.07, 6.45) is 6.05. The molecule has 1 amide bonds. The van der Waals surface area contributed by atoms with E-state index in [-0.39, 0.29) is 5.91 Å². The average Bonchev–Trinajstić information content (AvgIpc) is 3.40. The zero-order valence-corrected chi connectivity index (χ0v) is 18.5. The molecule has 2 aromatic heterocycles. The minimum atomic E-state index is -0.714. The van der Waals surface area contributed by atoms with Crippen molar-refractivity contribution in [3.05, 3.63) is 82.9 Å². The van der Waals surface area contributed by atoms with Gasteiger partial charge >= 0.3 is 0 Å². The number of amides is 1. The SMILES string of the molecule is CC(Cc1nc2ccccc2s1)(C(=O)NCc1cn2c(n1)CCCC2)c1ccccc1. The standard InChI is InChI=1S/C25H26N4OS/c1-25(18-9-3-2-4-10-18,15-23-28-20-11-5-6-12-21(20)31-23)24(30)26-16-19-17-29-14-8-7-13-22(29)27-19/h2-6,9-12,17H,7-8,13-16H2,1H3,(H,26,30). The molecular weight excluding hydrogens is 404 g/mol. The minimum Gasteiger partial charge on any atom is -0.350 e.